The van der Waals surface area contributed by atoms with Crippen LogP contribution in [0.15, 0.2) is 38.7 Å². The Morgan fingerprint density at radius 1 is 1.42 bits per heavy atom. The molecule has 0 aliphatic heterocycles. The number of nitrogens with zero attached hydrogens (tertiary/aromatic N) is 2. The summed E-state index contributed by atoms with van der Waals surface area (Å²) in [6.07, 6.45) is 3.31. The van der Waals surface area contributed by atoms with Crippen molar-refractivity contribution in [3.8, 4) is 0 Å². The molecule has 2 heterocycles. The van der Waals surface area contributed by atoms with E-state index in [1.807, 2.05) is 18.0 Å². The lowest BCUT2D eigenvalue weighted by Gasteiger charge is -2.15. The SMILES string of the molecule is Cc1cc(=O)n(CCN(C)Cc2ccoc2)c(=O)[nH]1. The van der Waals surface area contributed by atoms with Gasteiger partial charge in [-0.2, -0.15) is 0 Å². The molecule has 0 aromatic carbocycles. The van der Waals surface area contributed by atoms with E-state index in [1.54, 1.807) is 19.5 Å². The summed E-state index contributed by atoms with van der Waals surface area (Å²) in [5.41, 5.74) is 1.02. The second-order valence-corrected chi connectivity index (χ2v) is 4.62. The van der Waals surface area contributed by atoms with E-state index in [-0.39, 0.29) is 11.2 Å². The molecular formula is C13H17N3O3. The number of nitrogens with one attached hydrogen (secondary N) is 1. The van der Waals surface area contributed by atoms with Crippen molar-refractivity contribution >= 4 is 0 Å². The Morgan fingerprint density at radius 2 is 2.21 bits per heavy atom. The Hall–Kier alpha value is -2.08. The van der Waals surface area contributed by atoms with E-state index in [4.69, 9.17) is 4.42 Å². The van der Waals surface area contributed by atoms with Gasteiger partial charge in [0.15, 0.2) is 0 Å². The second kappa shape index (κ2) is 5.71. The average Bonchev–Trinajstić information content (AvgIpc) is 2.80. The molecule has 19 heavy (non-hydrogen) atoms. The number of aromatic nitrogens is 2. The fourth-order valence-corrected chi connectivity index (χ4v) is 1.89. The number of aryl methyl sites for hydroxylation is 1. The number of rotatable bonds is 5. The normalized spacial score (nSPS) is 11.1. The van der Waals surface area contributed by atoms with Gasteiger partial charge in [-0.15, -0.1) is 0 Å². The number of likely N-dealkylation sites (N-methyl/N-ethyl adjacent to an activating group) is 1. The molecule has 0 saturated carbocycles. The van der Waals surface area contributed by atoms with Crippen LogP contribution in [0.4, 0.5) is 0 Å². The zero-order valence-electron chi connectivity index (χ0n) is 11.0. The second-order valence-electron chi connectivity index (χ2n) is 4.62. The van der Waals surface area contributed by atoms with E-state index in [0.29, 0.717) is 18.8 Å². The van der Waals surface area contributed by atoms with Gasteiger partial charge in [0.25, 0.3) is 5.56 Å². The zero-order valence-corrected chi connectivity index (χ0v) is 11.0. The van der Waals surface area contributed by atoms with Crippen molar-refractivity contribution in [2.45, 2.75) is 20.0 Å². The third-order valence-corrected chi connectivity index (χ3v) is 2.89. The van der Waals surface area contributed by atoms with Crippen molar-refractivity contribution < 1.29 is 4.42 Å². The maximum Gasteiger partial charge on any atom is 0.328 e. The molecular weight excluding hydrogens is 246 g/mol. The van der Waals surface area contributed by atoms with Gasteiger partial charge < -0.3 is 14.3 Å². The van der Waals surface area contributed by atoms with Crippen LogP contribution in [-0.2, 0) is 13.1 Å². The third kappa shape index (κ3) is 3.45. The highest BCUT2D eigenvalue weighted by atomic mass is 16.3. The molecule has 6 heteroatoms. The van der Waals surface area contributed by atoms with Gasteiger partial charge in [-0.3, -0.25) is 9.36 Å². The Labute approximate surface area is 110 Å². The van der Waals surface area contributed by atoms with E-state index in [1.165, 1.54) is 10.6 Å². The molecule has 0 aliphatic rings. The van der Waals surface area contributed by atoms with Crippen LogP contribution in [0.5, 0.6) is 0 Å². The van der Waals surface area contributed by atoms with Crippen LogP contribution in [0, 0.1) is 6.92 Å². The van der Waals surface area contributed by atoms with Crippen LogP contribution in [0.1, 0.15) is 11.3 Å². The van der Waals surface area contributed by atoms with Crippen LogP contribution < -0.4 is 11.2 Å². The van der Waals surface area contributed by atoms with Crippen molar-refractivity contribution in [1.29, 1.82) is 0 Å². The van der Waals surface area contributed by atoms with Gasteiger partial charge in [0, 0.05) is 37.0 Å². The van der Waals surface area contributed by atoms with Gasteiger partial charge >= 0.3 is 5.69 Å². The first kappa shape index (κ1) is 13.4. The molecule has 102 valence electrons. The summed E-state index contributed by atoms with van der Waals surface area (Å²) in [5, 5.41) is 0. The molecule has 0 atom stereocenters. The molecule has 1 N–H and O–H groups in total. The quantitative estimate of drug-likeness (QED) is 0.856. The molecule has 0 spiro atoms. The number of aromatic amines is 1. The first-order valence-electron chi connectivity index (χ1n) is 6.06. The minimum absolute atomic E-state index is 0.266. The van der Waals surface area contributed by atoms with E-state index >= 15 is 0 Å². The summed E-state index contributed by atoms with van der Waals surface area (Å²) < 4.78 is 6.20. The lowest BCUT2D eigenvalue weighted by Crippen LogP contribution is -2.38. The summed E-state index contributed by atoms with van der Waals surface area (Å²) in [5.74, 6) is 0. The largest absolute Gasteiger partial charge is 0.472 e. The first-order chi connectivity index (χ1) is 9.06. The molecule has 6 nitrogen and oxygen atoms in total. The van der Waals surface area contributed by atoms with Gasteiger partial charge in [-0.05, 0) is 20.0 Å². The van der Waals surface area contributed by atoms with Crippen LogP contribution in [0.3, 0.4) is 0 Å². The van der Waals surface area contributed by atoms with E-state index < -0.39 is 0 Å². The van der Waals surface area contributed by atoms with Crippen molar-refractivity contribution in [2.75, 3.05) is 13.6 Å². The minimum atomic E-state index is -0.360. The lowest BCUT2D eigenvalue weighted by molar-refractivity contribution is 0.306. The highest BCUT2D eigenvalue weighted by molar-refractivity contribution is 5.04. The number of H-pyrrole nitrogens is 1. The topological polar surface area (TPSA) is 71.2 Å². The molecule has 2 aromatic heterocycles. The van der Waals surface area contributed by atoms with Crippen LogP contribution in [0.2, 0.25) is 0 Å². The van der Waals surface area contributed by atoms with E-state index in [2.05, 4.69) is 4.98 Å². The molecule has 0 unspecified atom stereocenters. The Kier molecular flexibility index (Phi) is 4.01. The first-order valence-corrected chi connectivity index (χ1v) is 6.06. The molecule has 0 amide bonds. The minimum Gasteiger partial charge on any atom is -0.472 e. The predicted octanol–water partition coefficient (Wildman–Crippen LogP) is 0.570. The van der Waals surface area contributed by atoms with Crippen molar-refractivity contribution in [1.82, 2.24) is 14.5 Å². The average molecular weight is 263 g/mol. The summed E-state index contributed by atoms with van der Waals surface area (Å²) >= 11 is 0. The standard InChI is InChI=1S/C13H17N3O3/c1-10-7-12(17)16(13(18)14-10)5-4-15(2)8-11-3-6-19-9-11/h3,6-7,9H,4-5,8H2,1-2H3,(H,14,18). The summed E-state index contributed by atoms with van der Waals surface area (Å²) in [7, 11) is 1.93. The third-order valence-electron chi connectivity index (χ3n) is 2.89. The Morgan fingerprint density at radius 3 is 2.84 bits per heavy atom. The van der Waals surface area contributed by atoms with Crippen LogP contribution in [-0.4, -0.2) is 28.0 Å². The van der Waals surface area contributed by atoms with Crippen LogP contribution >= 0.6 is 0 Å². The summed E-state index contributed by atoms with van der Waals surface area (Å²) in [4.78, 5) is 28.0. The summed E-state index contributed by atoms with van der Waals surface area (Å²) in [6.45, 7) is 3.38. The maximum absolute atomic E-state index is 11.7. The van der Waals surface area contributed by atoms with Crippen molar-refractivity contribution in [3.63, 3.8) is 0 Å². The fourth-order valence-electron chi connectivity index (χ4n) is 1.89. The number of furan rings is 1. The molecule has 2 rings (SSSR count). The van der Waals surface area contributed by atoms with Crippen LogP contribution in [0.25, 0.3) is 0 Å². The van der Waals surface area contributed by atoms with Gasteiger partial charge in [0.05, 0.1) is 12.5 Å². The summed E-state index contributed by atoms with van der Waals surface area (Å²) in [6, 6.07) is 3.32. The molecule has 0 fully saturated rings. The molecule has 0 radical (unpaired) electrons. The van der Waals surface area contributed by atoms with Gasteiger partial charge in [-0.25, -0.2) is 4.79 Å². The van der Waals surface area contributed by atoms with Gasteiger partial charge in [0.1, 0.15) is 0 Å². The lowest BCUT2D eigenvalue weighted by atomic mass is 10.3. The Bertz CT molecular complexity index is 609. The molecule has 2 aromatic rings. The molecule has 0 aliphatic carbocycles. The van der Waals surface area contributed by atoms with Gasteiger partial charge in [-0.1, -0.05) is 0 Å². The van der Waals surface area contributed by atoms with Crippen molar-refractivity contribution in [3.05, 3.63) is 56.8 Å². The number of hydrogen-bond donors (Lipinski definition) is 1. The highest BCUT2D eigenvalue weighted by Gasteiger charge is 2.05. The molecule has 0 bridgehead atoms. The number of hydrogen-bond acceptors (Lipinski definition) is 4. The van der Waals surface area contributed by atoms with E-state index in [9.17, 15) is 9.59 Å². The van der Waals surface area contributed by atoms with Gasteiger partial charge in [0.2, 0.25) is 0 Å². The zero-order chi connectivity index (χ0) is 13.8. The smallest absolute Gasteiger partial charge is 0.328 e. The highest BCUT2D eigenvalue weighted by Crippen LogP contribution is 2.03. The van der Waals surface area contributed by atoms with Crippen molar-refractivity contribution in [2.24, 2.45) is 0 Å². The molecule has 0 saturated heterocycles. The predicted molar refractivity (Wildman–Crippen MR) is 71.1 cm³/mol. The van der Waals surface area contributed by atoms with E-state index in [0.717, 1.165) is 12.1 Å². The fraction of sp³-hybridized carbons (Fsp3) is 0.385. The monoisotopic (exact) mass is 263 g/mol. The maximum atomic E-state index is 11.7. The Balaban J connectivity index is 1.99.